The minimum atomic E-state index is -0.315. The Hall–Kier alpha value is -4.33. The topological polar surface area (TPSA) is 97.0 Å². The molecule has 0 bridgehead atoms. The van der Waals surface area contributed by atoms with Gasteiger partial charge in [-0.2, -0.15) is 0 Å². The first-order chi connectivity index (χ1) is 17.5. The fraction of sp³-hybridized carbons (Fsp3) is 0.250. The van der Waals surface area contributed by atoms with E-state index in [1.54, 1.807) is 79.8 Å². The molecule has 1 fully saturated rings. The first kappa shape index (κ1) is 24.8. The summed E-state index contributed by atoms with van der Waals surface area (Å²) in [6, 6.07) is 21.0. The van der Waals surface area contributed by atoms with Crippen molar-refractivity contribution in [2.45, 2.75) is 12.8 Å². The molecule has 0 aromatic heterocycles. The number of piperidine rings is 1. The van der Waals surface area contributed by atoms with Crippen LogP contribution in [0.2, 0.25) is 0 Å². The minimum Gasteiger partial charge on any atom is -0.497 e. The summed E-state index contributed by atoms with van der Waals surface area (Å²) in [6.45, 7) is 0.896. The molecule has 3 aromatic rings. The van der Waals surface area contributed by atoms with Crippen LogP contribution >= 0.6 is 0 Å². The molecule has 0 atom stereocenters. The number of carbonyl (C=O) groups is 3. The van der Waals surface area contributed by atoms with Gasteiger partial charge in [0, 0.05) is 24.6 Å². The number of anilines is 2. The van der Waals surface area contributed by atoms with Gasteiger partial charge in [-0.25, -0.2) is 0 Å². The van der Waals surface area contributed by atoms with Gasteiger partial charge in [-0.15, -0.1) is 0 Å². The number of carbonyl (C=O) groups excluding carboxylic acids is 3. The maximum absolute atomic E-state index is 13.3. The predicted octanol–water partition coefficient (Wildman–Crippen LogP) is 4.45. The van der Waals surface area contributed by atoms with Gasteiger partial charge in [-0.3, -0.25) is 14.4 Å². The second kappa shape index (κ2) is 11.4. The minimum absolute atomic E-state index is 0.0845. The molecule has 0 spiro atoms. The smallest absolute Gasteiger partial charge is 0.255 e. The average molecular weight is 488 g/mol. The molecule has 1 saturated heterocycles. The lowest BCUT2D eigenvalue weighted by molar-refractivity contribution is -0.121. The number of rotatable bonds is 7. The molecule has 186 valence electrons. The summed E-state index contributed by atoms with van der Waals surface area (Å²) in [6.07, 6.45) is 1.10. The summed E-state index contributed by atoms with van der Waals surface area (Å²) in [5, 5.41) is 5.78. The van der Waals surface area contributed by atoms with Crippen molar-refractivity contribution in [1.29, 1.82) is 0 Å². The van der Waals surface area contributed by atoms with Gasteiger partial charge in [0.25, 0.3) is 11.8 Å². The molecule has 0 aliphatic carbocycles. The van der Waals surface area contributed by atoms with Gasteiger partial charge < -0.3 is 25.0 Å². The van der Waals surface area contributed by atoms with Crippen molar-refractivity contribution in [3.05, 3.63) is 83.9 Å². The Morgan fingerprint density at radius 1 is 0.778 bits per heavy atom. The highest BCUT2D eigenvalue weighted by Gasteiger charge is 2.29. The van der Waals surface area contributed by atoms with Crippen LogP contribution in [0.4, 0.5) is 11.4 Å². The van der Waals surface area contributed by atoms with E-state index in [1.807, 2.05) is 12.1 Å². The Morgan fingerprint density at radius 3 is 2.08 bits per heavy atom. The Morgan fingerprint density at radius 2 is 1.42 bits per heavy atom. The van der Waals surface area contributed by atoms with Crippen molar-refractivity contribution in [2.24, 2.45) is 5.92 Å². The first-order valence-corrected chi connectivity index (χ1v) is 11.8. The fourth-order valence-electron chi connectivity index (χ4n) is 4.21. The lowest BCUT2D eigenvalue weighted by Crippen LogP contribution is -2.41. The van der Waals surface area contributed by atoms with Crippen LogP contribution in [-0.4, -0.2) is 49.9 Å². The molecule has 3 amide bonds. The molecule has 0 saturated carbocycles. The maximum Gasteiger partial charge on any atom is 0.255 e. The predicted molar refractivity (Wildman–Crippen MR) is 138 cm³/mol. The number of hydrogen-bond donors (Lipinski definition) is 2. The molecule has 1 aliphatic heterocycles. The SMILES string of the molecule is COc1ccc(C(=O)Nc2ccccc2C(=O)N2CCC(C(=O)Nc3ccccc3OC)CC2)cc1. The number of amides is 3. The van der Waals surface area contributed by atoms with Crippen LogP contribution in [0.3, 0.4) is 0 Å². The van der Waals surface area contributed by atoms with E-state index < -0.39 is 0 Å². The number of ether oxygens (including phenoxy) is 2. The summed E-state index contributed by atoms with van der Waals surface area (Å²) < 4.78 is 10.4. The number of benzene rings is 3. The molecule has 3 aromatic carbocycles. The third-order valence-electron chi connectivity index (χ3n) is 6.28. The third-order valence-corrected chi connectivity index (χ3v) is 6.28. The summed E-state index contributed by atoms with van der Waals surface area (Å²) in [5.74, 6) is 0.477. The number of likely N-dealkylation sites (tertiary alicyclic amines) is 1. The zero-order chi connectivity index (χ0) is 25.5. The Labute approximate surface area is 210 Å². The van der Waals surface area contributed by atoms with E-state index in [2.05, 4.69) is 10.6 Å². The van der Waals surface area contributed by atoms with E-state index in [0.29, 0.717) is 59.9 Å². The largest absolute Gasteiger partial charge is 0.497 e. The van der Waals surface area contributed by atoms with Crippen molar-refractivity contribution in [2.75, 3.05) is 37.9 Å². The van der Waals surface area contributed by atoms with E-state index >= 15 is 0 Å². The summed E-state index contributed by atoms with van der Waals surface area (Å²) in [4.78, 5) is 40.6. The maximum atomic E-state index is 13.3. The van der Waals surface area contributed by atoms with Crippen LogP contribution < -0.4 is 20.1 Å². The van der Waals surface area contributed by atoms with Gasteiger partial charge >= 0.3 is 0 Å². The van der Waals surface area contributed by atoms with Crippen LogP contribution in [0.5, 0.6) is 11.5 Å². The number of para-hydroxylation sites is 3. The number of nitrogens with one attached hydrogen (secondary N) is 2. The summed E-state index contributed by atoms with van der Waals surface area (Å²) in [5.41, 5.74) is 1.95. The van der Waals surface area contributed by atoms with Crippen molar-refractivity contribution < 1.29 is 23.9 Å². The van der Waals surface area contributed by atoms with Crippen molar-refractivity contribution in [3.63, 3.8) is 0 Å². The normalized spacial score (nSPS) is 13.6. The molecular weight excluding hydrogens is 458 g/mol. The number of methoxy groups -OCH3 is 2. The van der Waals surface area contributed by atoms with Gasteiger partial charge in [0.15, 0.2) is 0 Å². The van der Waals surface area contributed by atoms with Crippen LogP contribution in [0.25, 0.3) is 0 Å². The Kier molecular flexibility index (Phi) is 7.85. The molecule has 2 N–H and O–H groups in total. The molecule has 8 nitrogen and oxygen atoms in total. The van der Waals surface area contributed by atoms with Crippen LogP contribution in [0.15, 0.2) is 72.8 Å². The lowest BCUT2D eigenvalue weighted by atomic mass is 9.95. The van der Waals surface area contributed by atoms with Crippen molar-refractivity contribution >= 4 is 29.1 Å². The highest BCUT2D eigenvalue weighted by Crippen LogP contribution is 2.27. The highest BCUT2D eigenvalue weighted by atomic mass is 16.5. The van der Waals surface area contributed by atoms with Crippen molar-refractivity contribution in [3.8, 4) is 11.5 Å². The molecule has 8 heteroatoms. The second-order valence-electron chi connectivity index (χ2n) is 8.48. The van der Waals surface area contributed by atoms with Gasteiger partial charge in [-0.05, 0) is 61.4 Å². The number of nitrogens with zero attached hydrogens (tertiary/aromatic N) is 1. The van der Waals surface area contributed by atoms with Gasteiger partial charge in [0.2, 0.25) is 5.91 Å². The number of hydrogen-bond acceptors (Lipinski definition) is 5. The zero-order valence-electron chi connectivity index (χ0n) is 20.3. The average Bonchev–Trinajstić information content (AvgIpc) is 2.93. The monoisotopic (exact) mass is 487 g/mol. The fourth-order valence-corrected chi connectivity index (χ4v) is 4.21. The third kappa shape index (κ3) is 5.66. The van der Waals surface area contributed by atoms with Gasteiger partial charge in [-0.1, -0.05) is 24.3 Å². The van der Waals surface area contributed by atoms with E-state index in [0.717, 1.165) is 0 Å². The summed E-state index contributed by atoms with van der Waals surface area (Å²) >= 11 is 0. The van der Waals surface area contributed by atoms with E-state index in [4.69, 9.17) is 9.47 Å². The lowest BCUT2D eigenvalue weighted by Gasteiger charge is -2.32. The van der Waals surface area contributed by atoms with Crippen LogP contribution in [-0.2, 0) is 4.79 Å². The van der Waals surface area contributed by atoms with E-state index in [9.17, 15) is 14.4 Å². The molecule has 0 unspecified atom stereocenters. The molecule has 4 rings (SSSR count). The highest BCUT2D eigenvalue weighted by molar-refractivity contribution is 6.09. The summed E-state index contributed by atoms with van der Waals surface area (Å²) in [7, 11) is 3.12. The Balaban J connectivity index is 1.38. The first-order valence-electron chi connectivity index (χ1n) is 11.8. The molecule has 1 heterocycles. The van der Waals surface area contributed by atoms with E-state index in [-0.39, 0.29) is 23.6 Å². The van der Waals surface area contributed by atoms with Gasteiger partial charge in [0.1, 0.15) is 11.5 Å². The molecule has 36 heavy (non-hydrogen) atoms. The van der Waals surface area contributed by atoms with Crippen LogP contribution in [0, 0.1) is 5.92 Å². The molecule has 1 aliphatic rings. The molecular formula is C28H29N3O5. The zero-order valence-corrected chi connectivity index (χ0v) is 20.3. The second-order valence-corrected chi connectivity index (χ2v) is 8.48. The standard InChI is InChI=1S/C28H29N3O5/c1-35-21-13-11-19(12-14-21)26(32)29-23-8-4-3-7-22(23)28(34)31-17-15-20(16-18-31)27(33)30-24-9-5-6-10-25(24)36-2/h3-14,20H,15-18H2,1-2H3,(H,29,32)(H,30,33). The van der Waals surface area contributed by atoms with Gasteiger partial charge in [0.05, 0.1) is 31.2 Å². The van der Waals surface area contributed by atoms with E-state index in [1.165, 1.54) is 0 Å². The van der Waals surface area contributed by atoms with Crippen LogP contribution in [0.1, 0.15) is 33.6 Å². The Bertz CT molecular complexity index is 1230. The van der Waals surface area contributed by atoms with Crippen molar-refractivity contribution in [1.82, 2.24) is 4.90 Å². The molecule has 0 radical (unpaired) electrons. The quantitative estimate of drug-likeness (QED) is 0.513.